The molecule has 2 N–H and O–H groups in total. The summed E-state index contributed by atoms with van der Waals surface area (Å²) in [6, 6.07) is -0.783. The highest BCUT2D eigenvalue weighted by Gasteiger charge is 2.64. The summed E-state index contributed by atoms with van der Waals surface area (Å²) in [5.41, 5.74) is -2.85. The standard InChI is InChI=1S/C13H21F3N2O3/c1-3-4-5-9(2)17-11(21)18-7-6-12(8-18,10(19)20)13(14,15)16/h9H,3-8H2,1-2H3,(H,17,21)(H,19,20). The van der Waals surface area contributed by atoms with Crippen LogP contribution in [0.25, 0.3) is 0 Å². The average Bonchev–Trinajstić information content (AvgIpc) is 2.82. The fraction of sp³-hybridized carbons (Fsp3) is 0.846. The van der Waals surface area contributed by atoms with Gasteiger partial charge in [-0.05, 0) is 19.8 Å². The van der Waals surface area contributed by atoms with Crippen LogP contribution in [0.5, 0.6) is 0 Å². The van der Waals surface area contributed by atoms with E-state index in [0.717, 1.165) is 24.2 Å². The van der Waals surface area contributed by atoms with Gasteiger partial charge >= 0.3 is 18.2 Å². The van der Waals surface area contributed by atoms with Gasteiger partial charge in [0.1, 0.15) is 0 Å². The predicted octanol–water partition coefficient (Wildman–Crippen LogP) is 2.61. The fourth-order valence-electron chi connectivity index (χ4n) is 2.39. The largest absolute Gasteiger partial charge is 0.481 e. The number of urea groups is 1. The van der Waals surface area contributed by atoms with Gasteiger partial charge in [-0.3, -0.25) is 4.79 Å². The normalized spacial score (nSPS) is 24.0. The lowest BCUT2D eigenvalue weighted by molar-refractivity contribution is -0.226. The molecule has 2 amide bonds. The van der Waals surface area contributed by atoms with Crippen molar-refractivity contribution in [1.82, 2.24) is 10.2 Å². The minimum Gasteiger partial charge on any atom is -0.481 e. The summed E-state index contributed by atoms with van der Waals surface area (Å²) in [4.78, 5) is 23.9. The van der Waals surface area contributed by atoms with Crippen LogP contribution in [0, 0.1) is 5.41 Å². The number of nitrogens with zero attached hydrogens (tertiary/aromatic N) is 1. The second-order valence-electron chi connectivity index (χ2n) is 5.55. The maximum atomic E-state index is 13.0. The summed E-state index contributed by atoms with van der Waals surface area (Å²) in [5.74, 6) is -1.93. The van der Waals surface area contributed by atoms with Crippen molar-refractivity contribution < 1.29 is 27.9 Å². The molecule has 5 nitrogen and oxygen atoms in total. The molecule has 21 heavy (non-hydrogen) atoms. The molecule has 0 radical (unpaired) electrons. The van der Waals surface area contributed by atoms with Crippen molar-refractivity contribution in [2.75, 3.05) is 13.1 Å². The average molecular weight is 310 g/mol. The third-order valence-electron chi connectivity index (χ3n) is 3.87. The molecule has 1 aliphatic rings. The van der Waals surface area contributed by atoms with E-state index in [1.165, 1.54) is 0 Å². The lowest BCUT2D eigenvalue weighted by atomic mass is 9.86. The maximum Gasteiger partial charge on any atom is 0.406 e. The molecular weight excluding hydrogens is 289 g/mol. The van der Waals surface area contributed by atoms with Gasteiger partial charge in [-0.15, -0.1) is 0 Å². The molecule has 1 aliphatic heterocycles. The molecule has 1 fully saturated rings. The summed E-state index contributed by atoms with van der Waals surface area (Å²) in [5, 5.41) is 11.5. The van der Waals surface area contributed by atoms with Crippen molar-refractivity contribution in [3.63, 3.8) is 0 Å². The van der Waals surface area contributed by atoms with Crippen LogP contribution in [0.2, 0.25) is 0 Å². The summed E-state index contributed by atoms with van der Waals surface area (Å²) in [6.45, 7) is 2.73. The van der Waals surface area contributed by atoms with E-state index in [4.69, 9.17) is 5.11 Å². The molecule has 122 valence electrons. The number of carboxylic acid groups (broad SMARTS) is 1. The lowest BCUT2D eigenvalue weighted by Gasteiger charge is -2.27. The third-order valence-corrected chi connectivity index (χ3v) is 3.87. The summed E-state index contributed by atoms with van der Waals surface area (Å²) in [6.07, 6.45) is -2.88. The number of aliphatic carboxylic acids is 1. The zero-order chi connectivity index (χ0) is 16.3. The number of carbonyl (C=O) groups is 2. The van der Waals surface area contributed by atoms with E-state index in [-0.39, 0.29) is 12.6 Å². The summed E-state index contributed by atoms with van der Waals surface area (Å²) < 4.78 is 39.0. The number of unbranched alkanes of at least 4 members (excludes halogenated alkanes) is 1. The van der Waals surface area contributed by atoms with E-state index in [1.807, 2.05) is 6.92 Å². The number of rotatable bonds is 5. The molecule has 8 heteroatoms. The number of amides is 2. The maximum absolute atomic E-state index is 13.0. The van der Waals surface area contributed by atoms with E-state index >= 15 is 0 Å². The number of halogens is 3. The second kappa shape index (κ2) is 6.53. The Morgan fingerprint density at radius 3 is 2.48 bits per heavy atom. The molecule has 1 saturated heterocycles. The van der Waals surface area contributed by atoms with Crippen LogP contribution in [-0.2, 0) is 4.79 Å². The van der Waals surface area contributed by atoms with Gasteiger partial charge in [0.2, 0.25) is 0 Å². The van der Waals surface area contributed by atoms with E-state index in [1.54, 1.807) is 6.92 Å². The zero-order valence-corrected chi connectivity index (χ0v) is 12.2. The molecule has 1 rings (SSSR count). The Bertz CT molecular complexity index is 401. The number of carboxylic acids is 1. The number of hydrogen-bond acceptors (Lipinski definition) is 2. The van der Waals surface area contributed by atoms with Crippen LogP contribution in [0.15, 0.2) is 0 Å². The fourth-order valence-corrected chi connectivity index (χ4v) is 2.39. The number of likely N-dealkylation sites (tertiary alicyclic amines) is 1. The first kappa shape index (κ1) is 17.6. The molecule has 0 aromatic carbocycles. The molecule has 0 aromatic heterocycles. The Morgan fingerprint density at radius 1 is 1.43 bits per heavy atom. The number of carbonyl (C=O) groups excluding carboxylic acids is 1. The van der Waals surface area contributed by atoms with Crippen molar-refractivity contribution >= 4 is 12.0 Å². The molecule has 0 spiro atoms. The molecule has 0 bridgehead atoms. The van der Waals surface area contributed by atoms with Gasteiger partial charge in [-0.1, -0.05) is 19.8 Å². The van der Waals surface area contributed by atoms with Crippen molar-refractivity contribution in [1.29, 1.82) is 0 Å². The first-order valence-corrected chi connectivity index (χ1v) is 6.99. The zero-order valence-electron chi connectivity index (χ0n) is 12.2. The minimum atomic E-state index is -4.87. The van der Waals surface area contributed by atoms with Crippen LogP contribution in [-0.4, -0.2) is 47.3 Å². The van der Waals surface area contributed by atoms with Gasteiger partial charge in [-0.25, -0.2) is 4.79 Å². The highest BCUT2D eigenvalue weighted by molar-refractivity contribution is 5.80. The molecule has 0 aromatic rings. The number of nitrogens with one attached hydrogen (secondary N) is 1. The van der Waals surface area contributed by atoms with E-state index < -0.39 is 36.6 Å². The Balaban J connectivity index is 2.68. The van der Waals surface area contributed by atoms with Gasteiger partial charge in [0.05, 0.1) is 0 Å². The van der Waals surface area contributed by atoms with Crippen LogP contribution < -0.4 is 5.32 Å². The SMILES string of the molecule is CCCCC(C)NC(=O)N1CCC(C(=O)O)(C(F)(F)F)C1. The smallest absolute Gasteiger partial charge is 0.406 e. The minimum absolute atomic E-state index is 0.150. The summed E-state index contributed by atoms with van der Waals surface area (Å²) in [7, 11) is 0. The molecular formula is C13H21F3N2O3. The first-order chi connectivity index (χ1) is 9.64. The highest BCUT2D eigenvalue weighted by Crippen LogP contribution is 2.45. The lowest BCUT2D eigenvalue weighted by Crippen LogP contribution is -2.49. The Kier molecular flexibility index (Phi) is 5.47. The molecule has 2 unspecified atom stereocenters. The first-order valence-electron chi connectivity index (χ1n) is 6.99. The third kappa shape index (κ3) is 3.79. The molecule has 1 heterocycles. The van der Waals surface area contributed by atoms with Crippen molar-refractivity contribution in [2.24, 2.45) is 5.41 Å². The van der Waals surface area contributed by atoms with Crippen LogP contribution >= 0.6 is 0 Å². The quantitative estimate of drug-likeness (QED) is 0.820. The van der Waals surface area contributed by atoms with Crippen molar-refractivity contribution in [3.8, 4) is 0 Å². The van der Waals surface area contributed by atoms with Crippen LogP contribution in [0.4, 0.5) is 18.0 Å². The summed E-state index contributed by atoms with van der Waals surface area (Å²) >= 11 is 0. The predicted molar refractivity (Wildman–Crippen MR) is 69.8 cm³/mol. The van der Waals surface area contributed by atoms with Gasteiger partial charge in [0, 0.05) is 19.1 Å². The highest BCUT2D eigenvalue weighted by atomic mass is 19.4. The Hall–Kier alpha value is -1.47. The number of hydrogen-bond donors (Lipinski definition) is 2. The van der Waals surface area contributed by atoms with E-state index in [0.29, 0.717) is 0 Å². The van der Waals surface area contributed by atoms with E-state index in [9.17, 15) is 22.8 Å². The van der Waals surface area contributed by atoms with Crippen molar-refractivity contribution in [2.45, 2.75) is 51.7 Å². The van der Waals surface area contributed by atoms with Gasteiger partial charge < -0.3 is 15.3 Å². The Labute approximate surface area is 121 Å². The molecule has 0 saturated carbocycles. The van der Waals surface area contributed by atoms with Crippen LogP contribution in [0.3, 0.4) is 0 Å². The van der Waals surface area contributed by atoms with Gasteiger partial charge in [0.15, 0.2) is 5.41 Å². The monoisotopic (exact) mass is 310 g/mol. The topological polar surface area (TPSA) is 69.6 Å². The van der Waals surface area contributed by atoms with Crippen LogP contribution in [0.1, 0.15) is 39.5 Å². The Morgan fingerprint density at radius 2 is 2.05 bits per heavy atom. The second-order valence-corrected chi connectivity index (χ2v) is 5.55. The molecule has 2 atom stereocenters. The van der Waals surface area contributed by atoms with Crippen molar-refractivity contribution in [3.05, 3.63) is 0 Å². The number of alkyl halides is 3. The van der Waals surface area contributed by atoms with Gasteiger partial charge in [-0.2, -0.15) is 13.2 Å². The van der Waals surface area contributed by atoms with Gasteiger partial charge in [0.25, 0.3) is 0 Å². The van der Waals surface area contributed by atoms with E-state index in [2.05, 4.69) is 5.32 Å². The molecule has 0 aliphatic carbocycles.